The second-order valence-corrected chi connectivity index (χ2v) is 7.44. The van der Waals surface area contributed by atoms with Gasteiger partial charge < -0.3 is 10.2 Å². The molecule has 1 atom stereocenters. The molecule has 0 saturated carbocycles. The maximum absolute atomic E-state index is 11.8. The van der Waals surface area contributed by atoms with Gasteiger partial charge in [0.25, 0.3) is 0 Å². The van der Waals surface area contributed by atoms with Crippen LogP contribution in [0.1, 0.15) is 29.5 Å². The van der Waals surface area contributed by atoms with Crippen molar-refractivity contribution in [3.63, 3.8) is 0 Å². The van der Waals surface area contributed by atoms with Crippen molar-refractivity contribution in [2.24, 2.45) is 0 Å². The van der Waals surface area contributed by atoms with Crippen molar-refractivity contribution in [3.8, 4) is 10.6 Å². The number of pyridine rings is 2. The van der Waals surface area contributed by atoms with Crippen LogP contribution in [0, 0.1) is 6.92 Å². The Labute approximate surface area is 155 Å². The summed E-state index contributed by atoms with van der Waals surface area (Å²) in [5.74, 6) is 1.69. The van der Waals surface area contributed by atoms with Crippen molar-refractivity contribution in [1.29, 1.82) is 0 Å². The lowest BCUT2D eigenvalue weighted by molar-refractivity contribution is -0.127. The van der Waals surface area contributed by atoms with Crippen molar-refractivity contribution in [1.82, 2.24) is 19.9 Å². The SMILES string of the molecule is Cc1ccnc(Nc2cccc(-c3cnc([C@@H]4CCC(=O)N4C)s3)n2)c1. The van der Waals surface area contributed by atoms with E-state index in [0.29, 0.717) is 6.42 Å². The van der Waals surface area contributed by atoms with Gasteiger partial charge in [-0.15, -0.1) is 11.3 Å². The van der Waals surface area contributed by atoms with Crippen molar-refractivity contribution >= 4 is 28.9 Å². The Morgan fingerprint density at radius 1 is 1.23 bits per heavy atom. The van der Waals surface area contributed by atoms with Crippen LogP contribution in [-0.4, -0.2) is 32.8 Å². The quantitative estimate of drug-likeness (QED) is 0.758. The van der Waals surface area contributed by atoms with Crippen LogP contribution in [-0.2, 0) is 4.79 Å². The number of carbonyl (C=O) groups is 1. The Balaban J connectivity index is 1.56. The van der Waals surface area contributed by atoms with E-state index in [2.05, 4.69) is 20.3 Å². The highest BCUT2D eigenvalue weighted by Gasteiger charge is 2.31. The largest absolute Gasteiger partial charge is 0.336 e. The molecule has 4 heterocycles. The van der Waals surface area contributed by atoms with Gasteiger partial charge in [-0.2, -0.15) is 0 Å². The third kappa shape index (κ3) is 3.30. The second kappa shape index (κ2) is 6.84. The molecule has 1 aliphatic rings. The lowest BCUT2D eigenvalue weighted by atomic mass is 10.2. The van der Waals surface area contributed by atoms with Crippen LogP contribution in [0.3, 0.4) is 0 Å². The molecule has 132 valence electrons. The fourth-order valence-corrected chi connectivity index (χ4v) is 4.10. The number of carbonyl (C=O) groups excluding carboxylic acids is 1. The molecule has 1 saturated heterocycles. The molecule has 3 aromatic rings. The Bertz CT molecular complexity index is 954. The molecule has 0 unspecified atom stereocenters. The van der Waals surface area contributed by atoms with Gasteiger partial charge >= 0.3 is 0 Å². The molecule has 1 N–H and O–H groups in total. The summed E-state index contributed by atoms with van der Waals surface area (Å²) in [5, 5.41) is 4.21. The summed E-state index contributed by atoms with van der Waals surface area (Å²) in [5.41, 5.74) is 2.00. The van der Waals surface area contributed by atoms with E-state index in [4.69, 9.17) is 0 Å². The van der Waals surface area contributed by atoms with Gasteiger partial charge in [-0.1, -0.05) is 6.07 Å². The Morgan fingerprint density at radius 3 is 2.88 bits per heavy atom. The fraction of sp³-hybridized carbons (Fsp3) is 0.263. The number of nitrogens with zero attached hydrogens (tertiary/aromatic N) is 4. The van der Waals surface area contributed by atoms with Gasteiger partial charge in [0.15, 0.2) is 0 Å². The number of amides is 1. The van der Waals surface area contributed by atoms with Gasteiger partial charge in [-0.05, 0) is 43.2 Å². The minimum atomic E-state index is 0.0825. The monoisotopic (exact) mass is 365 g/mol. The first-order valence-corrected chi connectivity index (χ1v) is 9.30. The number of hydrogen-bond donors (Lipinski definition) is 1. The molecule has 3 aromatic heterocycles. The van der Waals surface area contributed by atoms with Crippen LogP contribution in [0.25, 0.3) is 10.6 Å². The topological polar surface area (TPSA) is 71.0 Å². The zero-order valence-corrected chi connectivity index (χ0v) is 15.5. The van der Waals surface area contributed by atoms with E-state index in [1.807, 2.05) is 50.5 Å². The van der Waals surface area contributed by atoms with Crippen molar-refractivity contribution in [3.05, 3.63) is 53.3 Å². The van der Waals surface area contributed by atoms with Gasteiger partial charge in [0, 0.05) is 25.9 Å². The van der Waals surface area contributed by atoms with Gasteiger partial charge in [-0.25, -0.2) is 15.0 Å². The maximum atomic E-state index is 11.8. The molecule has 0 bridgehead atoms. The summed E-state index contributed by atoms with van der Waals surface area (Å²) in [4.78, 5) is 28.1. The molecule has 0 spiro atoms. The Kier molecular flexibility index (Phi) is 4.38. The van der Waals surface area contributed by atoms with E-state index in [1.165, 1.54) is 0 Å². The van der Waals surface area contributed by atoms with Crippen LogP contribution in [0.15, 0.2) is 42.7 Å². The van der Waals surface area contributed by atoms with E-state index in [-0.39, 0.29) is 11.9 Å². The zero-order chi connectivity index (χ0) is 18.1. The zero-order valence-electron chi connectivity index (χ0n) is 14.6. The number of nitrogens with one attached hydrogen (secondary N) is 1. The normalized spacial score (nSPS) is 16.9. The molecule has 26 heavy (non-hydrogen) atoms. The summed E-state index contributed by atoms with van der Waals surface area (Å²) in [7, 11) is 1.85. The van der Waals surface area contributed by atoms with E-state index in [9.17, 15) is 4.79 Å². The van der Waals surface area contributed by atoms with Gasteiger partial charge in [-0.3, -0.25) is 4.79 Å². The Hall–Kier alpha value is -2.80. The Morgan fingerprint density at radius 2 is 2.12 bits per heavy atom. The third-order valence-electron chi connectivity index (χ3n) is 4.47. The number of rotatable bonds is 4. The number of hydrogen-bond acceptors (Lipinski definition) is 6. The summed E-state index contributed by atoms with van der Waals surface area (Å²) in [6, 6.07) is 9.86. The van der Waals surface area contributed by atoms with E-state index in [1.54, 1.807) is 22.4 Å². The molecule has 7 heteroatoms. The minimum Gasteiger partial charge on any atom is -0.336 e. The summed E-state index contributed by atoms with van der Waals surface area (Å²) < 4.78 is 0. The number of aromatic nitrogens is 3. The first-order valence-electron chi connectivity index (χ1n) is 8.48. The lowest BCUT2D eigenvalue weighted by Crippen LogP contribution is -2.22. The van der Waals surface area contributed by atoms with Crippen molar-refractivity contribution in [2.75, 3.05) is 12.4 Å². The van der Waals surface area contributed by atoms with E-state index >= 15 is 0 Å². The predicted molar refractivity (Wildman–Crippen MR) is 102 cm³/mol. The fourth-order valence-electron chi connectivity index (χ4n) is 3.03. The molecular formula is C19H19N5OS. The van der Waals surface area contributed by atoms with E-state index < -0.39 is 0 Å². The number of likely N-dealkylation sites (tertiary alicyclic amines) is 1. The first kappa shape index (κ1) is 16.7. The summed E-state index contributed by atoms with van der Waals surface area (Å²) in [6.07, 6.45) is 5.04. The minimum absolute atomic E-state index is 0.0825. The molecule has 6 nitrogen and oxygen atoms in total. The molecule has 0 aromatic carbocycles. The highest BCUT2D eigenvalue weighted by molar-refractivity contribution is 7.15. The number of aryl methyl sites for hydroxylation is 1. The van der Waals surface area contributed by atoms with Crippen LogP contribution >= 0.6 is 11.3 Å². The smallest absolute Gasteiger partial charge is 0.222 e. The van der Waals surface area contributed by atoms with Crippen LogP contribution in [0.2, 0.25) is 0 Å². The van der Waals surface area contributed by atoms with Gasteiger partial charge in [0.1, 0.15) is 16.6 Å². The standard InChI is InChI=1S/C19H19N5OS/c1-12-8-9-20-17(10-12)23-16-5-3-4-13(22-16)15-11-21-19(26-15)14-6-7-18(25)24(14)2/h3-5,8-11,14H,6-7H2,1-2H3,(H,20,22,23)/t14-/m0/s1. The van der Waals surface area contributed by atoms with Gasteiger partial charge in [0.2, 0.25) is 5.91 Å². The molecule has 4 rings (SSSR count). The van der Waals surface area contributed by atoms with Crippen LogP contribution in [0.4, 0.5) is 11.6 Å². The maximum Gasteiger partial charge on any atom is 0.222 e. The first-order chi connectivity index (χ1) is 12.6. The van der Waals surface area contributed by atoms with Crippen molar-refractivity contribution < 1.29 is 4.79 Å². The molecular weight excluding hydrogens is 346 g/mol. The highest BCUT2D eigenvalue weighted by atomic mass is 32.1. The van der Waals surface area contributed by atoms with Crippen LogP contribution in [0.5, 0.6) is 0 Å². The number of thiazole rings is 1. The lowest BCUT2D eigenvalue weighted by Gasteiger charge is -2.16. The second-order valence-electron chi connectivity index (χ2n) is 6.37. The molecule has 0 radical (unpaired) electrons. The third-order valence-corrected chi connectivity index (χ3v) is 5.60. The molecule has 1 aliphatic heterocycles. The molecule has 1 amide bonds. The number of anilines is 2. The average Bonchev–Trinajstić information content (AvgIpc) is 3.23. The van der Waals surface area contributed by atoms with E-state index in [0.717, 1.165) is 39.2 Å². The predicted octanol–water partition coefficient (Wildman–Crippen LogP) is 3.95. The van der Waals surface area contributed by atoms with Gasteiger partial charge in [0.05, 0.1) is 16.6 Å². The molecule has 1 fully saturated rings. The summed E-state index contributed by atoms with van der Waals surface area (Å²) in [6.45, 7) is 2.03. The van der Waals surface area contributed by atoms with Crippen molar-refractivity contribution in [2.45, 2.75) is 25.8 Å². The van der Waals surface area contributed by atoms with Crippen LogP contribution < -0.4 is 5.32 Å². The highest BCUT2D eigenvalue weighted by Crippen LogP contribution is 2.36. The average molecular weight is 365 g/mol. The molecule has 0 aliphatic carbocycles. The summed E-state index contributed by atoms with van der Waals surface area (Å²) >= 11 is 1.60.